The van der Waals surface area contributed by atoms with Gasteiger partial charge < -0.3 is 24.1 Å². The van der Waals surface area contributed by atoms with Crippen molar-refractivity contribution in [3.63, 3.8) is 0 Å². The molecule has 4 atom stereocenters. The zero-order valence-electron chi connectivity index (χ0n) is 17.4. The van der Waals surface area contributed by atoms with Gasteiger partial charge in [0, 0.05) is 0 Å². The average molecular weight is 421 g/mol. The van der Waals surface area contributed by atoms with Crippen LogP contribution in [0.5, 0.6) is 0 Å². The van der Waals surface area contributed by atoms with Gasteiger partial charge in [0.2, 0.25) is 0 Å². The van der Waals surface area contributed by atoms with Crippen LogP contribution in [0.25, 0.3) is 0 Å². The summed E-state index contributed by atoms with van der Waals surface area (Å²) in [7, 11) is 0. The molecular weight excluding hydrogens is 392 g/mol. The van der Waals surface area contributed by atoms with Crippen molar-refractivity contribution in [2.24, 2.45) is 0 Å². The van der Waals surface area contributed by atoms with Gasteiger partial charge in [-0.1, -0.05) is 91.0 Å². The number of aliphatic hydroxyl groups is 1. The van der Waals surface area contributed by atoms with Crippen molar-refractivity contribution in [3.8, 4) is 0 Å². The molecule has 162 valence electrons. The Kier molecular flexibility index (Phi) is 7.82. The third-order valence-corrected chi connectivity index (χ3v) is 5.25. The Morgan fingerprint density at radius 1 is 0.613 bits per heavy atom. The quantitative estimate of drug-likeness (QED) is 0.535. The molecule has 1 fully saturated rings. The summed E-state index contributed by atoms with van der Waals surface area (Å²) in [5.74, 6) is 0. The highest BCUT2D eigenvalue weighted by Crippen LogP contribution is 2.28. The summed E-state index contributed by atoms with van der Waals surface area (Å²) in [6.45, 7) is 1.55. The SMILES string of the molecule is O[C@H]1O[C@@H](COCc2ccccc2)[C@@H](OCc2ccccc2)[C@@H]1OCc1ccccc1. The fraction of sp³-hybridized carbons (Fsp3) is 0.308. The monoisotopic (exact) mass is 420 g/mol. The van der Waals surface area contributed by atoms with Crippen LogP contribution in [0.3, 0.4) is 0 Å². The second kappa shape index (κ2) is 11.2. The van der Waals surface area contributed by atoms with Crippen LogP contribution < -0.4 is 0 Å². The van der Waals surface area contributed by atoms with Crippen LogP contribution in [0.4, 0.5) is 0 Å². The third-order valence-electron chi connectivity index (χ3n) is 5.25. The fourth-order valence-corrected chi connectivity index (χ4v) is 3.62. The average Bonchev–Trinajstić information content (AvgIpc) is 3.12. The highest BCUT2D eigenvalue weighted by atomic mass is 16.7. The van der Waals surface area contributed by atoms with Crippen molar-refractivity contribution in [2.75, 3.05) is 6.61 Å². The van der Waals surface area contributed by atoms with Crippen LogP contribution in [-0.2, 0) is 38.8 Å². The van der Waals surface area contributed by atoms with Gasteiger partial charge in [-0.15, -0.1) is 0 Å². The van der Waals surface area contributed by atoms with E-state index in [1.54, 1.807) is 0 Å². The van der Waals surface area contributed by atoms with Crippen molar-refractivity contribution in [1.29, 1.82) is 0 Å². The Labute approximate surface area is 183 Å². The molecule has 1 saturated heterocycles. The molecule has 1 heterocycles. The normalized spacial score (nSPS) is 23.1. The number of benzene rings is 3. The molecule has 3 aromatic rings. The standard InChI is InChI=1S/C26H28O5/c27-26-25(30-18-22-14-8-3-9-15-22)24(29-17-21-12-6-2-7-13-21)23(31-26)19-28-16-20-10-4-1-5-11-20/h1-15,23-27H,16-19H2/t23-,24+,25-,26-/m0/s1. The summed E-state index contributed by atoms with van der Waals surface area (Å²) in [6.07, 6.45) is -2.55. The van der Waals surface area contributed by atoms with E-state index in [1.807, 2.05) is 91.0 Å². The lowest BCUT2D eigenvalue weighted by Crippen LogP contribution is -2.39. The molecule has 0 aromatic heterocycles. The summed E-state index contributed by atoms with van der Waals surface area (Å²) in [5, 5.41) is 10.5. The number of ether oxygens (including phenoxy) is 4. The Morgan fingerprint density at radius 2 is 1.06 bits per heavy atom. The summed E-state index contributed by atoms with van der Waals surface area (Å²) in [5.41, 5.74) is 3.16. The minimum atomic E-state index is -1.07. The van der Waals surface area contributed by atoms with Gasteiger partial charge in [0.15, 0.2) is 6.29 Å². The second-order valence-electron chi connectivity index (χ2n) is 7.59. The molecule has 5 heteroatoms. The molecule has 0 amide bonds. The maximum Gasteiger partial charge on any atom is 0.184 e. The van der Waals surface area contributed by atoms with E-state index in [4.69, 9.17) is 18.9 Å². The molecule has 0 aliphatic carbocycles. The van der Waals surface area contributed by atoms with Gasteiger partial charge in [-0.05, 0) is 16.7 Å². The van der Waals surface area contributed by atoms with E-state index in [0.29, 0.717) is 26.4 Å². The van der Waals surface area contributed by atoms with Gasteiger partial charge in [0.25, 0.3) is 0 Å². The van der Waals surface area contributed by atoms with E-state index in [2.05, 4.69) is 0 Å². The first-order chi connectivity index (χ1) is 15.3. The highest BCUT2D eigenvalue weighted by molar-refractivity contribution is 5.15. The van der Waals surface area contributed by atoms with Crippen LogP contribution in [0.1, 0.15) is 16.7 Å². The van der Waals surface area contributed by atoms with Crippen LogP contribution in [-0.4, -0.2) is 36.3 Å². The van der Waals surface area contributed by atoms with E-state index < -0.39 is 24.6 Å². The van der Waals surface area contributed by atoms with Gasteiger partial charge in [-0.2, -0.15) is 0 Å². The minimum absolute atomic E-state index is 0.302. The molecular formula is C26H28O5. The largest absolute Gasteiger partial charge is 0.374 e. The number of hydrogen-bond acceptors (Lipinski definition) is 5. The smallest absolute Gasteiger partial charge is 0.184 e. The topological polar surface area (TPSA) is 57.2 Å². The number of aliphatic hydroxyl groups excluding tert-OH is 1. The Balaban J connectivity index is 1.39. The number of hydrogen-bond donors (Lipinski definition) is 1. The molecule has 1 N–H and O–H groups in total. The molecule has 0 unspecified atom stereocenters. The van der Waals surface area contributed by atoms with E-state index in [9.17, 15) is 5.11 Å². The first-order valence-electron chi connectivity index (χ1n) is 10.6. The van der Waals surface area contributed by atoms with Crippen molar-refractivity contribution in [2.45, 2.75) is 44.4 Å². The van der Waals surface area contributed by atoms with Crippen molar-refractivity contribution >= 4 is 0 Å². The van der Waals surface area contributed by atoms with E-state index in [-0.39, 0.29) is 0 Å². The maximum absolute atomic E-state index is 10.5. The van der Waals surface area contributed by atoms with Gasteiger partial charge in [0.05, 0.1) is 26.4 Å². The molecule has 5 nitrogen and oxygen atoms in total. The molecule has 1 aliphatic rings. The van der Waals surface area contributed by atoms with Crippen LogP contribution in [0, 0.1) is 0 Å². The fourth-order valence-electron chi connectivity index (χ4n) is 3.62. The Hall–Kier alpha value is -2.54. The lowest BCUT2D eigenvalue weighted by Gasteiger charge is -2.24. The van der Waals surface area contributed by atoms with Crippen LogP contribution >= 0.6 is 0 Å². The lowest BCUT2D eigenvalue weighted by molar-refractivity contribution is -0.153. The molecule has 0 saturated carbocycles. The van der Waals surface area contributed by atoms with Crippen molar-refractivity contribution in [3.05, 3.63) is 108 Å². The van der Waals surface area contributed by atoms with Gasteiger partial charge in [0.1, 0.15) is 18.3 Å². The first kappa shape index (κ1) is 21.7. The highest BCUT2D eigenvalue weighted by Gasteiger charge is 2.45. The molecule has 0 radical (unpaired) electrons. The van der Waals surface area contributed by atoms with Crippen LogP contribution in [0.15, 0.2) is 91.0 Å². The summed E-state index contributed by atoms with van der Waals surface area (Å²) >= 11 is 0. The van der Waals surface area contributed by atoms with E-state index in [1.165, 1.54) is 0 Å². The first-order valence-corrected chi connectivity index (χ1v) is 10.6. The van der Waals surface area contributed by atoms with Gasteiger partial charge >= 0.3 is 0 Å². The molecule has 4 rings (SSSR count). The van der Waals surface area contributed by atoms with Crippen molar-refractivity contribution < 1.29 is 24.1 Å². The predicted octanol–water partition coefficient (Wildman–Crippen LogP) is 4.09. The molecule has 0 bridgehead atoms. The summed E-state index contributed by atoms with van der Waals surface area (Å²) in [6, 6.07) is 29.8. The Bertz CT molecular complexity index is 887. The molecule has 3 aromatic carbocycles. The number of rotatable bonds is 10. The molecule has 0 spiro atoms. The van der Waals surface area contributed by atoms with Crippen molar-refractivity contribution in [1.82, 2.24) is 0 Å². The summed E-state index contributed by atoms with van der Waals surface area (Å²) < 4.78 is 23.9. The van der Waals surface area contributed by atoms with Gasteiger partial charge in [-0.25, -0.2) is 0 Å². The van der Waals surface area contributed by atoms with E-state index in [0.717, 1.165) is 16.7 Å². The summed E-state index contributed by atoms with van der Waals surface area (Å²) in [4.78, 5) is 0. The predicted molar refractivity (Wildman–Crippen MR) is 117 cm³/mol. The second-order valence-corrected chi connectivity index (χ2v) is 7.59. The molecule has 31 heavy (non-hydrogen) atoms. The third kappa shape index (κ3) is 6.23. The van der Waals surface area contributed by atoms with Gasteiger partial charge in [-0.3, -0.25) is 0 Å². The lowest BCUT2D eigenvalue weighted by atomic mass is 10.1. The minimum Gasteiger partial charge on any atom is -0.374 e. The Morgan fingerprint density at radius 3 is 1.58 bits per heavy atom. The molecule has 1 aliphatic heterocycles. The van der Waals surface area contributed by atoms with Crippen LogP contribution in [0.2, 0.25) is 0 Å². The maximum atomic E-state index is 10.5. The zero-order valence-corrected chi connectivity index (χ0v) is 17.4. The van der Waals surface area contributed by atoms with E-state index >= 15 is 0 Å². The zero-order chi connectivity index (χ0) is 21.3.